The highest BCUT2D eigenvalue weighted by Crippen LogP contribution is 2.27. The molecule has 2 aromatic carbocycles. The third-order valence-corrected chi connectivity index (χ3v) is 7.54. The summed E-state index contributed by atoms with van der Waals surface area (Å²) in [5.41, 5.74) is -0.981. The van der Waals surface area contributed by atoms with Crippen LogP contribution in [0.4, 0.5) is 0 Å². The second kappa shape index (κ2) is 14.8. The van der Waals surface area contributed by atoms with E-state index in [1.165, 1.54) is 39.8 Å². The van der Waals surface area contributed by atoms with E-state index in [1.807, 2.05) is 0 Å². The molecule has 11 nitrogen and oxygen atoms in total. The summed E-state index contributed by atoms with van der Waals surface area (Å²) in [6, 6.07) is 15.2. The van der Waals surface area contributed by atoms with Gasteiger partial charge in [-0.15, -0.1) is 0 Å². The van der Waals surface area contributed by atoms with Gasteiger partial charge >= 0.3 is 23.9 Å². The van der Waals surface area contributed by atoms with Gasteiger partial charge in [0.1, 0.15) is 11.5 Å². The Balaban J connectivity index is 2.03. The lowest BCUT2D eigenvalue weighted by Crippen LogP contribution is -2.52. The van der Waals surface area contributed by atoms with E-state index in [9.17, 15) is 28.8 Å². The van der Waals surface area contributed by atoms with Crippen molar-refractivity contribution in [3.05, 3.63) is 71.8 Å². The summed E-state index contributed by atoms with van der Waals surface area (Å²) in [6.45, 7) is 8.68. The first-order valence-electron chi connectivity index (χ1n) is 14.5. The first kappa shape index (κ1) is 34.0. The standard InChI is InChI=1S/C33H39NO10/c1-7-19(2)26-31(39)41-20(3)25(34-28(36)23-16-12-9-13-17-23)30(38)42-21(4)29(37)43-24(18-22-14-10-8-11-15-22)27(35)33(5,6)32(40)44-26/h8-17,19-21,24-26H,7,18H2,1-6H3,(H,34,36)/t19-,20+,21-,24?,25-,26-/m0/s1. The number of rotatable bonds is 6. The fourth-order valence-electron chi connectivity index (χ4n) is 4.42. The Kier molecular flexibility index (Phi) is 11.4. The number of carbonyl (C=O) groups excluding carboxylic acids is 6. The molecule has 3 rings (SSSR count). The van der Waals surface area contributed by atoms with Gasteiger partial charge in [0, 0.05) is 17.9 Å². The third kappa shape index (κ3) is 8.30. The smallest absolute Gasteiger partial charge is 0.348 e. The predicted molar refractivity (Wildman–Crippen MR) is 157 cm³/mol. The molecule has 1 N–H and O–H groups in total. The summed E-state index contributed by atoms with van der Waals surface area (Å²) in [5, 5.41) is 2.51. The summed E-state index contributed by atoms with van der Waals surface area (Å²) >= 11 is 0. The minimum atomic E-state index is -1.84. The van der Waals surface area contributed by atoms with Gasteiger partial charge in [-0.2, -0.15) is 0 Å². The number of benzene rings is 2. The van der Waals surface area contributed by atoms with Gasteiger partial charge in [0.2, 0.25) is 6.10 Å². The lowest BCUT2D eigenvalue weighted by Gasteiger charge is -2.30. The molecular weight excluding hydrogens is 570 g/mol. The Bertz CT molecular complexity index is 1360. The van der Waals surface area contributed by atoms with Crippen LogP contribution in [0.25, 0.3) is 0 Å². The third-order valence-electron chi connectivity index (χ3n) is 7.54. The Morgan fingerprint density at radius 2 is 1.41 bits per heavy atom. The number of carbonyl (C=O) groups is 6. The van der Waals surface area contributed by atoms with Gasteiger partial charge < -0.3 is 24.3 Å². The van der Waals surface area contributed by atoms with Gasteiger partial charge in [-0.3, -0.25) is 14.4 Å². The van der Waals surface area contributed by atoms with Crippen LogP contribution in [0, 0.1) is 11.3 Å². The number of Topliss-reactive ketones (excluding diaryl/α,β-unsaturated/α-hetero) is 1. The van der Waals surface area contributed by atoms with Gasteiger partial charge in [0.05, 0.1) is 0 Å². The number of nitrogens with one attached hydrogen (secondary N) is 1. The fraction of sp³-hybridized carbons (Fsp3) is 0.455. The molecule has 0 aromatic heterocycles. The molecule has 1 aliphatic heterocycles. The second-order valence-corrected chi connectivity index (χ2v) is 11.4. The van der Waals surface area contributed by atoms with Crippen molar-refractivity contribution >= 4 is 35.6 Å². The fourth-order valence-corrected chi connectivity index (χ4v) is 4.42. The Hall–Kier alpha value is -4.54. The molecule has 1 aliphatic rings. The number of amides is 1. The topological polar surface area (TPSA) is 151 Å². The maximum atomic E-state index is 13.8. The van der Waals surface area contributed by atoms with Crippen molar-refractivity contribution < 1.29 is 47.7 Å². The molecule has 1 unspecified atom stereocenters. The summed E-state index contributed by atoms with van der Waals surface area (Å²) in [6.07, 6.45) is -5.42. The molecule has 0 radical (unpaired) electrons. The van der Waals surface area contributed by atoms with E-state index in [-0.39, 0.29) is 12.0 Å². The average Bonchev–Trinajstić information content (AvgIpc) is 3.01. The maximum absolute atomic E-state index is 13.8. The van der Waals surface area contributed by atoms with E-state index in [0.717, 1.165) is 0 Å². The Morgan fingerprint density at radius 3 is 2.00 bits per heavy atom. The zero-order chi connectivity index (χ0) is 32.6. The van der Waals surface area contributed by atoms with Crippen LogP contribution in [-0.2, 0) is 49.3 Å². The normalized spacial score (nSPS) is 25.7. The number of cyclic esters (lactones) is 4. The van der Waals surface area contributed by atoms with Gasteiger partial charge in [0.25, 0.3) is 5.91 Å². The van der Waals surface area contributed by atoms with E-state index in [4.69, 9.17) is 18.9 Å². The number of esters is 4. The van der Waals surface area contributed by atoms with Crippen LogP contribution in [0.5, 0.6) is 0 Å². The van der Waals surface area contributed by atoms with Crippen molar-refractivity contribution in [2.45, 2.75) is 84.8 Å². The van der Waals surface area contributed by atoms with Crippen molar-refractivity contribution in [1.82, 2.24) is 5.32 Å². The van der Waals surface area contributed by atoms with E-state index < -0.39 is 77.4 Å². The molecule has 1 fully saturated rings. The molecule has 6 atom stereocenters. The Morgan fingerprint density at radius 1 is 0.818 bits per heavy atom. The number of hydrogen-bond acceptors (Lipinski definition) is 10. The van der Waals surface area contributed by atoms with Gasteiger partial charge in [-0.05, 0) is 51.8 Å². The van der Waals surface area contributed by atoms with Crippen molar-refractivity contribution in [3.63, 3.8) is 0 Å². The highest BCUT2D eigenvalue weighted by Gasteiger charge is 2.47. The largest absolute Gasteiger partial charge is 0.457 e. The second-order valence-electron chi connectivity index (χ2n) is 11.4. The van der Waals surface area contributed by atoms with Gasteiger partial charge in [-0.1, -0.05) is 62.4 Å². The van der Waals surface area contributed by atoms with Crippen molar-refractivity contribution in [1.29, 1.82) is 0 Å². The number of ether oxygens (including phenoxy) is 4. The first-order chi connectivity index (χ1) is 20.8. The van der Waals surface area contributed by atoms with Crippen molar-refractivity contribution in [2.75, 3.05) is 0 Å². The highest BCUT2D eigenvalue weighted by atomic mass is 16.6. The van der Waals surface area contributed by atoms with Crippen LogP contribution in [0.1, 0.15) is 63.9 Å². The lowest BCUT2D eigenvalue weighted by atomic mass is 9.83. The molecule has 1 heterocycles. The average molecular weight is 610 g/mol. The molecule has 11 heteroatoms. The predicted octanol–water partition coefficient (Wildman–Crippen LogP) is 3.37. The first-order valence-corrected chi connectivity index (χ1v) is 14.5. The summed E-state index contributed by atoms with van der Waals surface area (Å²) in [5.74, 6) is -6.11. The van der Waals surface area contributed by atoms with Crippen LogP contribution >= 0.6 is 0 Å². The van der Waals surface area contributed by atoms with Crippen LogP contribution < -0.4 is 5.32 Å². The van der Waals surface area contributed by atoms with Crippen molar-refractivity contribution in [2.24, 2.45) is 11.3 Å². The van der Waals surface area contributed by atoms with Crippen LogP contribution in [0.3, 0.4) is 0 Å². The summed E-state index contributed by atoms with van der Waals surface area (Å²) in [7, 11) is 0. The van der Waals surface area contributed by atoms with Gasteiger partial charge in [-0.25, -0.2) is 14.4 Å². The number of hydrogen-bond donors (Lipinski definition) is 1. The molecule has 0 spiro atoms. The monoisotopic (exact) mass is 609 g/mol. The minimum Gasteiger partial charge on any atom is -0.457 e. The van der Waals surface area contributed by atoms with Crippen molar-refractivity contribution in [3.8, 4) is 0 Å². The molecule has 0 saturated carbocycles. The van der Waals surface area contributed by atoms with E-state index >= 15 is 0 Å². The SMILES string of the molecule is CC[C@H](C)[C@@H]1OC(=O)C(C)(C)C(=O)C(Cc2ccccc2)OC(=O)[C@H](C)OC(=O)[C@@H](NC(=O)c2ccccc2)[C@@H](C)OC1=O. The minimum absolute atomic E-state index is 0.0770. The maximum Gasteiger partial charge on any atom is 0.348 e. The molecule has 2 aromatic rings. The molecule has 1 saturated heterocycles. The molecule has 0 bridgehead atoms. The van der Waals surface area contributed by atoms with E-state index in [1.54, 1.807) is 62.4 Å². The molecule has 44 heavy (non-hydrogen) atoms. The van der Waals surface area contributed by atoms with Crippen LogP contribution in [-0.4, -0.2) is 66.0 Å². The van der Waals surface area contributed by atoms with Crippen LogP contribution in [0.15, 0.2) is 60.7 Å². The number of ketones is 1. The molecular formula is C33H39NO10. The lowest BCUT2D eigenvalue weighted by molar-refractivity contribution is -0.183. The van der Waals surface area contributed by atoms with Gasteiger partial charge in [0.15, 0.2) is 24.0 Å². The molecule has 1 amide bonds. The van der Waals surface area contributed by atoms with E-state index in [2.05, 4.69) is 5.32 Å². The Labute approximate surface area is 256 Å². The quantitative estimate of drug-likeness (QED) is 0.293. The zero-order valence-electron chi connectivity index (χ0n) is 25.7. The zero-order valence-corrected chi connectivity index (χ0v) is 25.7. The highest BCUT2D eigenvalue weighted by molar-refractivity contribution is 6.06. The molecule has 236 valence electrons. The summed E-state index contributed by atoms with van der Waals surface area (Å²) < 4.78 is 22.1. The van der Waals surface area contributed by atoms with Crippen LogP contribution in [0.2, 0.25) is 0 Å². The summed E-state index contributed by atoms with van der Waals surface area (Å²) in [4.78, 5) is 80.2. The van der Waals surface area contributed by atoms with E-state index in [0.29, 0.717) is 12.0 Å². The molecule has 0 aliphatic carbocycles.